The highest BCUT2D eigenvalue weighted by Crippen LogP contribution is 2.36. The van der Waals surface area contributed by atoms with E-state index in [1.165, 1.54) is 6.07 Å². The molecule has 0 unspecified atom stereocenters. The highest BCUT2D eigenvalue weighted by atomic mass is 35.5. The first-order valence-corrected chi connectivity index (χ1v) is 7.30. The summed E-state index contributed by atoms with van der Waals surface area (Å²) < 4.78 is 19.8. The van der Waals surface area contributed by atoms with Crippen LogP contribution in [-0.2, 0) is 5.88 Å². The number of hydrogen-bond donors (Lipinski definition) is 0. The number of fused-ring (bicyclic) bond motifs is 1. The fourth-order valence-corrected chi connectivity index (χ4v) is 2.64. The lowest BCUT2D eigenvalue weighted by molar-refractivity contribution is 0.442. The maximum atomic E-state index is 14.0. The highest BCUT2D eigenvalue weighted by Gasteiger charge is 2.13. The van der Waals surface area contributed by atoms with Gasteiger partial charge >= 0.3 is 0 Å². The van der Waals surface area contributed by atoms with Crippen LogP contribution in [0.3, 0.4) is 0 Å². The van der Waals surface area contributed by atoms with Gasteiger partial charge in [-0.1, -0.05) is 48.0 Å². The van der Waals surface area contributed by atoms with Crippen molar-refractivity contribution in [2.24, 2.45) is 0 Å². The Bertz CT molecular complexity index is 802. The summed E-state index contributed by atoms with van der Waals surface area (Å²) in [6.45, 7) is 0. The predicted molar refractivity (Wildman–Crippen MR) is 85.0 cm³/mol. The fraction of sp³-hybridized carbons (Fsp3) is 0.0588. The second kappa shape index (κ2) is 5.92. The quantitative estimate of drug-likeness (QED) is 0.525. The fourth-order valence-electron chi connectivity index (χ4n) is 2.21. The number of rotatable bonds is 3. The van der Waals surface area contributed by atoms with Crippen molar-refractivity contribution in [3.8, 4) is 11.5 Å². The van der Waals surface area contributed by atoms with Crippen molar-refractivity contribution in [3.05, 3.63) is 71.0 Å². The smallest absolute Gasteiger partial charge is 0.167 e. The third-order valence-corrected chi connectivity index (χ3v) is 3.85. The topological polar surface area (TPSA) is 9.23 Å². The van der Waals surface area contributed by atoms with E-state index in [4.69, 9.17) is 27.9 Å². The molecule has 0 saturated heterocycles. The number of ether oxygens (including phenoxy) is 1. The molecule has 3 aromatic rings. The van der Waals surface area contributed by atoms with Crippen molar-refractivity contribution in [1.29, 1.82) is 0 Å². The van der Waals surface area contributed by atoms with Gasteiger partial charge in [0.2, 0.25) is 0 Å². The molecule has 0 saturated carbocycles. The molecule has 21 heavy (non-hydrogen) atoms. The van der Waals surface area contributed by atoms with Gasteiger partial charge in [0.1, 0.15) is 5.75 Å². The number of hydrogen-bond acceptors (Lipinski definition) is 1. The highest BCUT2D eigenvalue weighted by molar-refractivity contribution is 6.35. The number of benzene rings is 3. The second-order valence-corrected chi connectivity index (χ2v) is 5.23. The van der Waals surface area contributed by atoms with E-state index in [0.29, 0.717) is 16.3 Å². The van der Waals surface area contributed by atoms with Crippen LogP contribution in [0.2, 0.25) is 5.02 Å². The molecule has 4 heteroatoms. The summed E-state index contributed by atoms with van der Waals surface area (Å²) in [6.07, 6.45) is 0. The summed E-state index contributed by atoms with van der Waals surface area (Å²) in [5.41, 5.74) is 0.607. The van der Waals surface area contributed by atoms with Crippen LogP contribution in [0.1, 0.15) is 5.56 Å². The monoisotopic (exact) mass is 320 g/mol. The lowest BCUT2D eigenvalue weighted by Gasteiger charge is -2.13. The van der Waals surface area contributed by atoms with Crippen LogP contribution in [0.25, 0.3) is 10.8 Å². The van der Waals surface area contributed by atoms with Crippen molar-refractivity contribution in [1.82, 2.24) is 0 Å². The van der Waals surface area contributed by atoms with Gasteiger partial charge in [-0.05, 0) is 18.2 Å². The van der Waals surface area contributed by atoms with Gasteiger partial charge < -0.3 is 4.74 Å². The second-order valence-electron chi connectivity index (χ2n) is 4.55. The zero-order valence-corrected chi connectivity index (χ0v) is 12.5. The minimum absolute atomic E-state index is 0.153. The molecule has 3 aromatic carbocycles. The van der Waals surface area contributed by atoms with Crippen molar-refractivity contribution in [2.45, 2.75) is 5.88 Å². The van der Waals surface area contributed by atoms with E-state index in [1.54, 1.807) is 24.3 Å². The number of para-hydroxylation sites is 1. The molecule has 0 amide bonds. The van der Waals surface area contributed by atoms with Crippen LogP contribution in [-0.4, -0.2) is 0 Å². The molecule has 1 nitrogen and oxygen atoms in total. The number of halogens is 3. The van der Waals surface area contributed by atoms with Crippen molar-refractivity contribution in [3.63, 3.8) is 0 Å². The van der Waals surface area contributed by atoms with E-state index < -0.39 is 5.82 Å². The first-order chi connectivity index (χ1) is 10.2. The van der Waals surface area contributed by atoms with Crippen molar-refractivity contribution >= 4 is 34.0 Å². The van der Waals surface area contributed by atoms with Crippen LogP contribution in [0.5, 0.6) is 11.5 Å². The average Bonchev–Trinajstić information content (AvgIpc) is 2.52. The minimum Gasteiger partial charge on any atom is -0.453 e. The van der Waals surface area contributed by atoms with Crippen LogP contribution in [0.4, 0.5) is 4.39 Å². The largest absolute Gasteiger partial charge is 0.453 e. The molecule has 0 heterocycles. The Morgan fingerprint density at radius 3 is 2.43 bits per heavy atom. The van der Waals surface area contributed by atoms with E-state index in [9.17, 15) is 4.39 Å². The van der Waals surface area contributed by atoms with E-state index in [2.05, 4.69) is 0 Å². The van der Waals surface area contributed by atoms with E-state index >= 15 is 0 Å². The average molecular weight is 321 g/mol. The Hall–Kier alpha value is -1.77. The van der Waals surface area contributed by atoms with E-state index in [-0.39, 0.29) is 11.6 Å². The Kier molecular flexibility index (Phi) is 4.00. The van der Waals surface area contributed by atoms with Crippen LogP contribution in [0, 0.1) is 5.82 Å². The SMILES string of the molecule is Fc1cccc(CCl)c1Oc1ccc(Cl)c2ccccc12. The molecule has 0 atom stereocenters. The third kappa shape index (κ3) is 2.69. The zero-order valence-electron chi connectivity index (χ0n) is 10.9. The standard InChI is InChI=1S/C17H11Cl2FO/c18-10-11-4-3-7-15(20)17(11)21-16-9-8-14(19)12-5-1-2-6-13(12)16/h1-9H,10H2. The first-order valence-electron chi connectivity index (χ1n) is 6.39. The Morgan fingerprint density at radius 1 is 0.905 bits per heavy atom. The molecule has 0 aromatic heterocycles. The van der Waals surface area contributed by atoms with Crippen LogP contribution < -0.4 is 4.74 Å². The van der Waals surface area contributed by atoms with Crippen LogP contribution in [0.15, 0.2) is 54.6 Å². The van der Waals surface area contributed by atoms with E-state index in [0.717, 1.165) is 10.8 Å². The Labute approximate surface area is 131 Å². The molecule has 0 aliphatic heterocycles. The molecule has 0 spiro atoms. The van der Waals surface area contributed by atoms with Gasteiger partial charge in [-0.25, -0.2) is 4.39 Å². The van der Waals surface area contributed by atoms with Crippen molar-refractivity contribution in [2.75, 3.05) is 0 Å². The van der Waals surface area contributed by atoms with E-state index in [1.807, 2.05) is 24.3 Å². The summed E-state index contributed by atoms with van der Waals surface area (Å²) in [5.74, 6) is 0.442. The molecule has 0 aliphatic carbocycles. The molecule has 0 radical (unpaired) electrons. The Morgan fingerprint density at radius 2 is 1.67 bits per heavy atom. The van der Waals surface area contributed by atoms with Gasteiger partial charge in [0, 0.05) is 21.4 Å². The molecule has 106 valence electrons. The van der Waals surface area contributed by atoms with Gasteiger partial charge in [0.25, 0.3) is 0 Å². The summed E-state index contributed by atoms with van der Waals surface area (Å²) in [7, 11) is 0. The van der Waals surface area contributed by atoms with Crippen molar-refractivity contribution < 1.29 is 9.13 Å². The summed E-state index contributed by atoms with van der Waals surface area (Å²) in [5, 5.41) is 2.32. The maximum absolute atomic E-state index is 14.0. The predicted octanol–water partition coefficient (Wildman–Crippen LogP) is 6.16. The maximum Gasteiger partial charge on any atom is 0.167 e. The molecule has 0 fully saturated rings. The van der Waals surface area contributed by atoms with Crippen LogP contribution >= 0.6 is 23.2 Å². The van der Waals surface area contributed by atoms with Gasteiger partial charge in [-0.3, -0.25) is 0 Å². The summed E-state index contributed by atoms with van der Waals surface area (Å²) in [4.78, 5) is 0. The molecular weight excluding hydrogens is 310 g/mol. The molecule has 0 N–H and O–H groups in total. The first kappa shape index (κ1) is 14.2. The minimum atomic E-state index is -0.438. The molecule has 0 bridgehead atoms. The zero-order chi connectivity index (χ0) is 14.8. The lowest BCUT2D eigenvalue weighted by atomic mass is 10.1. The summed E-state index contributed by atoms with van der Waals surface area (Å²) >= 11 is 12.0. The lowest BCUT2D eigenvalue weighted by Crippen LogP contribution is -1.94. The molecular formula is C17H11Cl2FO. The van der Waals surface area contributed by atoms with Gasteiger partial charge in [-0.15, -0.1) is 11.6 Å². The third-order valence-electron chi connectivity index (χ3n) is 3.24. The summed E-state index contributed by atoms with van der Waals surface area (Å²) in [6, 6.07) is 15.7. The number of alkyl halides is 1. The molecule has 0 aliphatic rings. The Balaban J connectivity index is 2.13. The van der Waals surface area contributed by atoms with Gasteiger partial charge in [-0.2, -0.15) is 0 Å². The van der Waals surface area contributed by atoms with Gasteiger partial charge in [0.05, 0.1) is 5.88 Å². The van der Waals surface area contributed by atoms with Gasteiger partial charge in [0.15, 0.2) is 11.6 Å². The molecule has 3 rings (SSSR count). The normalized spacial score (nSPS) is 10.8.